The van der Waals surface area contributed by atoms with Crippen LogP contribution in [0.5, 0.6) is 0 Å². The molecule has 0 saturated heterocycles. The Morgan fingerprint density at radius 1 is 1.11 bits per heavy atom. The molecular formula is C15H15N3S. The Morgan fingerprint density at radius 2 is 2.00 bits per heavy atom. The molecule has 0 radical (unpaired) electrons. The standard InChI is InChI=1S/C15H15N3S/c1-2-16-15-10-13(5-7-17-15)18-12-3-4-14-11(9-12)6-8-19-14/h3-10H,2H2,1H3,(H2,16,17,18). The van der Waals surface area contributed by atoms with Crippen LogP contribution in [0.2, 0.25) is 0 Å². The summed E-state index contributed by atoms with van der Waals surface area (Å²) in [4.78, 5) is 4.26. The molecule has 0 aliphatic carbocycles. The van der Waals surface area contributed by atoms with E-state index in [1.54, 1.807) is 11.3 Å². The number of pyridine rings is 1. The average Bonchev–Trinajstić information content (AvgIpc) is 2.87. The molecule has 0 fully saturated rings. The van der Waals surface area contributed by atoms with Crippen molar-refractivity contribution in [3.05, 3.63) is 48.0 Å². The van der Waals surface area contributed by atoms with Crippen LogP contribution in [0.25, 0.3) is 10.1 Å². The molecule has 0 spiro atoms. The van der Waals surface area contributed by atoms with E-state index in [1.165, 1.54) is 10.1 Å². The largest absolute Gasteiger partial charge is 0.370 e. The van der Waals surface area contributed by atoms with E-state index in [4.69, 9.17) is 0 Å². The van der Waals surface area contributed by atoms with Crippen molar-refractivity contribution in [3.63, 3.8) is 0 Å². The molecule has 96 valence electrons. The maximum absolute atomic E-state index is 4.26. The van der Waals surface area contributed by atoms with Crippen molar-refractivity contribution in [1.29, 1.82) is 0 Å². The Labute approximate surface area is 116 Å². The second kappa shape index (κ2) is 5.28. The van der Waals surface area contributed by atoms with E-state index in [2.05, 4.69) is 52.2 Å². The van der Waals surface area contributed by atoms with Crippen molar-refractivity contribution in [3.8, 4) is 0 Å². The minimum Gasteiger partial charge on any atom is -0.370 e. The number of hydrogen-bond donors (Lipinski definition) is 2. The van der Waals surface area contributed by atoms with Gasteiger partial charge in [0.05, 0.1) is 0 Å². The summed E-state index contributed by atoms with van der Waals surface area (Å²) in [7, 11) is 0. The van der Waals surface area contributed by atoms with E-state index >= 15 is 0 Å². The van der Waals surface area contributed by atoms with Gasteiger partial charge in [0.1, 0.15) is 5.82 Å². The van der Waals surface area contributed by atoms with Gasteiger partial charge in [-0.25, -0.2) is 4.98 Å². The third kappa shape index (κ3) is 2.69. The van der Waals surface area contributed by atoms with Crippen LogP contribution in [0.15, 0.2) is 48.0 Å². The van der Waals surface area contributed by atoms with E-state index in [1.807, 2.05) is 18.3 Å². The minimum atomic E-state index is 0.872. The molecule has 4 heteroatoms. The molecule has 2 heterocycles. The zero-order valence-electron chi connectivity index (χ0n) is 10.7. The van der Waals surface area contributed by atoms with Gasteiger partial charge in [-0.3, -0.25) is 0 Å². The maximum Gasteiger partial charge on any atom is 0.127 e. The van der Waals surface area contributed by atoms with E-state index in [0.29, 0.717) is 0 Å². The number of aromatic nitrogens is 1. The molecule has 0 unspecified atom stereocenters. The lowest BCUT2D eigenvalue weighted by Gasteiger charge is -2.08. The fourth-order valence-corrected chi connectivity index (χ4v) is 2.77. The van der Waals surface area contributed by atoms with Gasteiger partial charge in [0.25, 0.3) is 0 Å². The first-order chi connectivity index (χ1) is 9.35. The summed E-state index contributed by atoms with van der Waals surface area (Å²) in [5.41, 5.74) is 2.14. The molecule has 0 bridgehead atoms. The van der Waals surface area contributed by atoms with Gasteiger partial charge in [-0.1, -0.05) is 0 Å². The summed E-state index contributed by atoms with van der Waals surface area (Å²) in [6, 6.07) is 12.5. The fourth-order valence-electron chi connectivity index (χ4n) is 2.00. The van der Waals surface area contributed by atoms with Crippen LogP contribution in [0.4, 0.5) is 17.2 Å². The van der Waals surface area contributed by atoms with Crippen LogP contribution in [0.3, 0.4) is 0 Å². The van der Waals surface area contributed by atoms with Crippen LogP contribution >= 0.6 is 11.3 Å². The molecule has 19 heavy (non-hydrogen) atoms. The van der Waals surface area contributed by atoms with Crippen molar-refractivity contribution in [2.75, 3.05) is 17.2 Å². The lowest BCUT2D eigenvalue weighted by Crippen LogP contribution is -1.99. The molecule has 2 aromatic heterocycles. The number of fused-ring (bicyclic) bond motifs is 1. The van der Waals surface area contributed by atoms with Gasteiger partial charge in [-0.05, 0) is 48.0 Å². The first kappa shape index (κ1) is 12.0. The van der Waals surface area contributed by atoms with E-state index < -0.39 is 0 Å². The number of nitrogens with one attached hydrogen (secondary N) is 2. The van der Waals surface area contributed by atoms with E-state index in [9.17, 15) is 0 Å². The first-order valence-electron chi connectivity index (χ1n) is 6.29. The van der Waals surface area contributed by atoms with Crippen molar-refractivity contribution in [1.82, 2.24) is 4.98 Å². The molecule has 0 amide bonds. The fraction of sp³-hybridized carbons (Fsp3) is 0.133. The third-order valence-corrected chi connectivity index (χ3v) is 3.76. The predicted molar refractivity (Wildman–Crippen MR) is 83.5 cm³/mol. The Bertz CT molecular complexity index is 690. The molecule has 3 rings (SSSR count). The molecule has 0 aliphatic rings. The van der Waals surface area contributed by atoms with E-state index in [0.717, 1.165) is 23.7 Å². The van der Waals surface area contributed by atoms with Crippen molar-refractivity contribution in [2.45, 2.75) is 6.92 Å². The molecule has 0 atom stereocenters. The van der Waals surface area contributed by atoms with Crippen molar-refractivity contribution < 1.29 is 0 Å². The van der Waals surface area contributed by atoms with Gasteiger partial charge in [-0.2, -0.15) is 0 Å². The average molecular weight is 269 g/mol. The van der Waals surface area contributed by atoms with Crippen molar-refractivity contribution in [2.24, 2.45) is 0 Å². The van der Waals surface area contributed by atoms with Crippen LogP contribution in [0, 0.1) is 0 Å². The zero-order valence-corrected chi connectivity index (χ0v) is 11.5. The minimum absolute atomic E-state index is 0.872. The second-order valence-corrected chi connectivity index (χ2v) is 5.21. The van der Waals surface area contributed by atoms with Gasteiger partial charge in [0.2, 0.25) is 0 Å². The predicted octanol–water partition coefficient (Wildman–Crippen LogP) is 4.47. The molecule has 0 saturated carbocycles. The molecule has 1 aromatic carbocycles. The summed E-state index contributed by atoms with van der Waals surface area (Å²) in [5, 5.41) is 10.0. The number of rotatable bonds is 4. The number of thiophene rings is 1. The van der Waals surface area contributed by atoms with Gasteiger partial charge in [-0.15, -0.1) is 11.3 Å². The Morgan fingerprint density at radius 3 is 2.89 bits per heavy atom. The Kier molecular flexibility index (Phi) is 3.33. The molecule has 3 nitrogen and oxygen atoms in total. The summed E-state index contributed by atoms with van der Waals surface area (Å²) < 4.78 is 1.31. The summed E-state index contributed by atoms with van der Waals surface area (Å²) in [6.45, 7) is 2.93. The van der Waals surface area contributed by atoms with Gasteiger partial charge >= 0.3 is 0 Å². The highest BCUT2D eigenvalue weighted by Crippen LogP contribution is 2.26. The normalized spacial score (nSPS) is 10.6. The van der Waals surface area contributed by atoms with Crippen LogP contribution < -0.4 is 10.6 Å². The van der Waals surface area contributed by atoms with Crippen molar-refractivity contribution >= 4 is 38.6 Å². The van der Waals surface area contributed by atoms with Crippen LogP contribution in [-0.2, 0) is 0 Å². The number of benzene rings is 1. The Balaban J connectivity index is 1.85. The monoisotopic (exact) mass is 269 g/mol. The highest BCUT2D eigenvalue weighted by Gasteiger charge is 2.00. The Hall–Kier alpha value is -2.07. The molecule has 2 N–H and O–H groups in total. The second-order valence-electron chi connectivity index (χ2n) is 4.26. The highest BCUT2D eigenvalue weighted by molar-refractivity contribution is 7.17. The van der Waals surface area contributed by atoms with Gasteiger partial charge < -0.3 is 10.6 Å². The first-order valence-corrected chi connectivity index (χ1v) is 7.17. The van der Waals surface area contributed by atoms with Crippen LogP contribution in [-0.4, -0.2) is 11.5 Å². The summed E-state index contributed by atoms with van der Waals surface area (Å²) in [6.07, 6.45) is 1.81. The third-order valence-electron chi connectivity index (χ3n) is 2.86. The van der Waals surface area contributed by atoms with Crippen LogP contribution in [0.1, 0.15) is 6.92 Å². The van der Waals surface area contributed by atoms with Gasteiger partial charge in [0, 0.05) is 34.9 Å². The SMILES string of the molecule is CCNc1cc(Nc2ccc3sccc3c2)ccn1. The number of anilines is 3. The lowest BCUT2D eigenvalue weighted by molar-refractivity contribution is 1.16. The maximum atomic E-state index is 4.26. The molecule has 0 aliphatic heterocycles. The number of nitrogens with zero attached hydrogens (tertiary/aromatic N) is 1. The molecule has 3 aromatic rings. The number of hydrogen-bond acceptors (Lipinski definition) is 4. The lowest BCUT2D eigenvalue weighted by atomic mass is 10.2. The van der Waals surface area contributed by atoms with Gasteiger partial charge in [0.15, 0.2) is 0 Å². The van der Waals surface area contributed by atoms with E-state index in [-0.39, 0.29) is 0 Å². The summed E-state index contributed by atoms with van der Waals surface area (Å²) in [5.74, 6) is 0.893. The smallest absolute Gasteiger partial charge is 0.127 e. The topological polar surface area (TPSA) is 37.0 Å². The highest BCUT2D eigenvalue weighted by atomic mass is 32.1. The quantitative estimate of drug-likeness (QED) is 0.733. The zero-order chi connectivity index (χ0) is 13.1. The molecular weight excluding hydrogens is 254 g/mol. The summed E-state index contributed by atoms with van der Waals surface area (Å²) >= 11 is 1.76.